The second-order valence-electron chi connectivity index (χ2n) is 4.63. The fourth-order valence-corrected chi connectivity index (χ4v) is 3.39. The SMILES string of the molecule is NNC(CC1CCCC1)c1ccccc1I. The zero-order chi connectivity index (χ0) is 11.4. The molecular weight excluding hydrogens is 311 g/mol. The molecule has 1 aromatic carbocycles. The predicted octanol–water partition coefficient (Wildman–Crippen LogP) is 3.38. The molecule has 0 bridgehead atoms. The highest BCUT2D eigenvalue weighted by atomic mass is 127. The van der Waals surface area contributed by atoms with Crippen molar-refractivity contribution in [1.29, 1.82) is 0 Å². The normalized spacial score (nSPS) is 18.9. The Balaban J connectivity index is 2.06. The molecule has 0 radical (unpaired) electrons. The molecule has 2 rings (SSSR count). The van der Waals surface area contributed by atoms with E-state index in [4.69, 9.17) is 5.84 Å². The van der Waals surface area contributed by atoms with E-state index in [1.807, 2.05) is 0 Å². The minimum atomic E-state index is 0.316. The number of halogens is 1. The molecule has 16 heavy (non-hydrogen) atoms. The van der Waals surface area contributed by atoms with Gasteiger partial charge in [-0.05, 0) is 46.6 Å². The van der Waals surface area contributed by atoms with Crippen LogP contribution in [0.4, 0.5) is 0 Å². The lowest BCUT2D eigenvalue weighted by atomic mass is 9.94. The minimum Gasteiger partial charge on any atom is -0.271 e. The molecule has 1 saturated carbocycles. The fraction of sp³-hybridized carbons (Fsp3) is 0.538. The van der Waals surface area contributed by atoms with Crippen LogP contribution in [0.1, 0.15) is 43.7 Å². The highest BCUT2D eigenvalue weighted by Crippen LogP contribution is 2.33. The van der Waals surface area contributed by atoms with Crippen molar-refractivity contribution in [2.24, 2.45) is 11.8 Å². The molecule has 1 aromatic rings. The van der Waals surface area contributed by atoms with Gasteiger partial charge in [0.25, 0.3) is 0 Å². The zero-order valence-electron chi connectivity index (χ0n) is 9.45. The van der Waals surface area contributed by atoms with E-state index in [0.29, 0.717) is 6.04 Å². The number of hydrazine groups is 1. The summed E-state index contributed by atoms with van der Waals surface area (Å²) in [6, 6.07) is 8.82. The van der Waals surface area contributed by atoms with E-state index >= 15 is 0 Å². The minimum absolute atomic E-state index is 0.316. The molecule has 0 spiro atoms. The molecule has 0 amide bonds. The summed E-state index contributed by atoms with van der Waals surface area (Å²) in [6.07, 6.45) is 6.72. The maximum atomic E-state index is 5.70. The third-order valence-electron chi connectivity index (χ3n) is 3.53. The van der Waals surface area contributed by atoms with Gasteiger partial charge in [0, 0.05) is 9.61 Å². The largest absolute Gasteiger partial charge is 0.271 e. The van der Waals surface area contributed by atoms with Crippen molar-refractivity contribution in [3.8, 4) is 0 Å². The van der Waals surface area contributed by atoms with Crippen LogP contribution < -0.4 is 11.3 Å². The molecule has 0 aliphatic heterocycles. The molecule has 1 aliphatic carbocycles. The van der Waals surface area contributed by atoms with Crippen molar-refractivity contribution in [2.75, 3.05) is 0 Å². The molecule has 1 unspecified atom stereocenters. The molecule has 2 nitrogen and oxygen atoms in total. The maximum absolute atomic E-state index is 5.70. The molecule has 1 aliphatic rings. The number of hydrogen-bond acceptors (Lipinski definition) is 2. The molecule has 88 valence electrons. The molecule has 0 aromatic heterocycles. The first-order valence-electron chi connectivity index (χ1n) is 6.02. The van der Waals surface area contributed by atoms with E-state index in [-0.39, 0.29) is 0 Å². The molecule has 1 atom stereocenters. The Morgan fingerprint density at radius 1 is 1.31 bits per heavy atom. The van der Waals surface area contributed by atoms with Crippen LogP contribution in [0.5, 0.6) is 0 Å². The lowest BCUT2D eigenvalue weighted by Gasteiger charge is -2.21. The Kier molecular flexibility index (Phi) is 4.61. The van der Waals surface area contributed by atoms with Gasteiger partial charge in [0.2, 0.25) is 0 Å². The molecule has 3 N–H and O–H groups in total. The first-order valence-corrected chi connectivity index (χ1v) is 7.09. The van der Waals surface area contributed by atoms with Gasteiger partial charge < -0.3 is 0 Å². The lowest BCUT2D eigenvalue weighted by molar-refractivity contribution is 0.399. The second kappa shape index (κ2) is 5.98. The van der Waals surface area contributed by atoms with Gasteiger partial charge >= 0.3 is 0 Å². The standard InChI is InChI=1S/C13H19IN2/c14-12-8-4-3-7-11(12)13(16-15)9-10-5-1-2-6-10/h3-4,7-8,10,13,16H,1-2,5-6,9,15H2. The monoisotopic (exact) mass is 330 g/mol. The van der Waals surface area contributed by atoms with Crippen molar-refractivity contribution in [3.63, 3.8) is 0 Å². The van der Waals surface area contributed by atoms with Crippen LogP contribution in [0.2, 0.25) is 0 Å². The molecule has 3 heteroatoms. The van der Waals surface area contributed by atoms with Gasteiger partial charge in [-0.1, -0.05) is 43.9 Å². The van der Waals surface area contributed by atoms with Crippen LogP contribution >= 0.6 is 22.6 Å². The smallest absolute Gasteiger partial charge is 0.0473 e. The van der Waals surface area contributed by atoms with E-state index in [1.54, 1.807) is 0 Å². The predicted molar refractivity (Wildman–Crippen MR) is 75.8 cm³/mol. The summed E-state index contributed by atoms with van der Waals surface area (Å²) in [5.41, 5.74) is 4.33. The summed E-state index contributed by atoms with van der Waals surface area (Å²) in [7, 11) is 0. The number of nitrogens with two attached hydrogens (primary N) is 1. The van der Waals surface area contributed by atoms with Crippen LogP contribution in [0.15, 0.2) is 24.3 Å². The third-order valence-corrected chi connectivity index (χ3v) is 4.51. The summed E-state index contributed by atoms with van der Waals surface area (Å²) in [5.74, 6) is 6.56. The van der Waals surface area contributed by atoms with Crippen LogP contribution in [-0.4, -0.2) is 0 Å². The average molecular weight is 330 g/mol. The van der Waals surface area contributed by atoms with E-state index < -0.39 is 0 Å². The Morgan fingerprint density at radius 3 is 2.62 bits per heavy atom. The molecular formula is C13H19IN2. The van der Waals surface area contributed by atoms with E-state index in [1.165, 1.54) is 41.2 Å². The van der Waals surface area contributed by atoms with Crippen LogP contribution in [0, 0.1) is 9.49 Å². The van der Waals surface area contributed by atoms with Gasteiger partial charge in [0.15, 0.2) is 0 Å². The zero-order valence-corrected chi connectivity index (χ0v) is 11.6. The highest BCUT2D eigenvalue weighted by molar-refractivity contribution is 14.1. The number of benzene rings is 1. The van der Waals surface area contributed by atoms with Crippen LogP contribution in [0.3, 0.4) is 0 Å². The van der Waals surface area contributed by atoms with Gasteiger partial charge in [-0.15, -0.1) is 0 Å². The summed E-state index contributed by atoms with van der Waals surface area (Å²) in [6.45, 7) is 0. The Labute approximate surface area is 111 Å². The number of rotatable bonds is 4. The van der Waals surface area contributed by atoms with Crippen LogP contribution in [-0.2, 0) is 0 Å². The first-order chi connectivity index (χ1) is 7.81. The highest BCUT2D eigenvalue weighted by Gasteiger charge is 2.21. The fourth-order valence-electron chi connectivity index (χ4n) is 2.62. The first kappa shape index (κ1) is 12.3. The van der Waals surface area contributed by atoms with Crippen molar-refractivity contribution in [1.82, 2.24) is 5.43 Å². The van der Waals surface area contributed by atoms with Gasteiger partial charge in [0.1, 0.15) is 0 Å². The van der Waals surface area contributed by atoms with Gasteiger partial charge in [-0.25, -0.2) is 0 Å². The van der Waals surface area contributed by atoms with E-state index in [9.17, 15) is 0 Å². The summed E-state index contributed by atoms with van der Waals surface area (Å²) >= 11 is 2.39. The van der Waals surface area contributed by atoms with Crippen LogP contribution in [0.25, 0.3) is 0 Å². The van der Waals surface area contributed by atoms with Gasteiger partial charge in [0.05, 0.1) is 0 Å². The molecule has 0 saturated heterocycles. The van der Waals surface area contributed by atoms with Crippen molar-refractivity contribution in [2.45, 2.75) is 38.1 Å². The van der Waals surface area contributed by atoms with Crippen molar-refractivity contribution in [3.05, 3.63) is 33.4 Å². The van der Waals surface area contributed by atoms with E-state index in [2.05, 4.69) is 52.3 Å². The molecule has 1 fully saturated rings. The van der Waals surface area contributed by atoms with Crippen molar-refractivity contribution >= 4 is 22.6 Å². The Hall–Kier alpha value is -0.130. The quantitative estimate of drug-likeness (QED) is 0.505. The Bertz CT molecular complexity index is 334. The number of hydrogen-bond donors (Lipinski definition) is 2. The number of nitrogens with one attached hydrogen (secondary N) is 1. The molecule has 0 heterocycles. The third kappa shape index (κ3) is 2.96. The summed E-state index contributed by atoms with van der Waals surface area (Å²) in [4.78, 5) is 0. The average Bonchev–Trinajstić information content (AvgIpc) is 2.80. The van der Waals surface area contributed by atoms with Crippen molar-refractivity contribution < 1.29 is 0 Å². The summed E-state index contributed by atoms with van der Waals surface area (Å²) < 4.78 is 1.31. The summed E-state index contributed by atoms with van der Waals surface area (Å²) in [5, 5.41) is 0. The second-order valence-corrected chi connectivity index (χ2v) is 5.79. The maximum Gasteiger partial charge on any atom is 0.0473 e. The van der Waals surface area contributed by atoms with E-state index in [0.717, 1.165) is 5.92 Å². The van der Waals surface area contributed by atoms with Gasteiger partial charge in [-0.2, -0.15) is 0 Å². The Morgan fingerprint density at radius 2 is 2.00 bits per heavy atom. The topological polar surface area (TPSA) is 38.0 Å². The lowest BCUT2D eigenvalue weighted by Crippen LogP contribution is -2.30. The van der Waals surface area contributed by atoms with Gasteiger partial charge in [-0.3, -0.25) is 11.3 Å².